The first-order valence-electron chi connectivity index (χ1n) is 15.7. The van der Waals surface area contributed by atoms with Crippen LogP contribution in [0.2, 0.25) is 0 Å². The number of benzene rings is 6. The van der Waals surface area contributed by atoms with Gasteiger partial charge in [0.25, 0.3) is 6.71 Å². The highest BCUT2D eigenvalue weighted by atomic mass is 28.3. The summed E-state index contributed by atoms with van der Waals surface area (Å²) in [6.45, 7) is -0.0110. The van der Waals surface area contributed by atoms with Crippen molar-refractivity contribution in [2.45, 2.75) is 0 Å². The van der Waals surface area contributed by atoms with Crippen LogP contribution in [0.15, 0.2) is 170 Å². The maximum Gasteiger partial charge on any atom is 0.262 e. The van der Waals surface area contributed by atoms with Crippen molar-refractivity contribution < 1.29 is 9.47 Å². The number of fused-ring (bicyclic) bond motifs is 4. The monoisotopic (exact) mass is 605 g/mol. The van der Waals surface area contributed by atoms with Crippen LogP contribution >= 0.6 is 0 Å². The Balaban J connectivity index is 1.33. The summed E-state index contributed by atoms with van der Waals surface area (Å²) in [6.07, 6.45) is 0. The number of ether oxygens (including phenoxy) is 2. The summed E-state index contributed by atoms with van der Waals surface area (Å²) in [6, 6.07) is 60.5. The minimum Gasteiger partial charge on any atom is -0.458 e. The summed E-state index contributed by atoms with van der Waals surface area (Å²) in [4.78, 5) is 5.32. The Morgan fingerprint density at radius 2 is 0.935 bits per heavy atom. The second-order valence-electron chi connectivity index (χ2n) is 11.8. The summed E-state index contributed by atoms with van der Waals surface area (Å²) in [5.41, 5.74) is 5.15. The maximum absolute atomic E-state index is 6.67. The third kappa shape index (κ3) is 4.02. The molecule has 216 valence electrons. The summed E-state index contributed by atoms with van der Waals surface area (Å²) >= 11 is 0. The summed E-state index contributed by atoms with van der Waals surface area (Å²) in [5, 5.41) is 5.21. The standard InChI is InChI=1S/C41H28BNO2Si/c1-4-16-29(17-5-1)46(30-18-6-2-7-19-30,31-20-8-3-9-21-31)39-27-15-10-22-32(39)35-28-38-40-41(43-35)45-37-26-14-12-24-34(37)42(40)33-23-11-13-25-36(33)44-38/h1-28H. The van der Waals surface area contributed by atoms with Crippen molar-refractivity contribution in [1.82, 2.24) is 4.98 Å². The van der Waals surface area contributed by atoms with Crippen molar-refractivity contribution in [3.63, 3.8) is 0 Å². The quantitative estimate of drug-likeness (QED) is 0.208. The molecule has 0 saturated heterocycles. The molecule has 2 aliphatic heterocycles. The van der Waals surface area contributed by atoms with Gasteiger partial charge in [0.1, 0.15) is 17.2 Å². The van der Waals surface area contributed by atoms with Gasteiger partial charge < -0.3 is 9.47 Å². The Labute approximate surface area is 269 Å². The Hall–Kier alpha value is -5.65. The minimum absolute atomic E-state index is 0.0110. The van der Waals surface area contributed by atoms with Crippen LogP contribution in [-0.2, 0) is 0 Å². The molecule has 5 heteroatoms. The first-order valence-corrected chi connectivity index (χ1v) is 17.7. The van der Waals surface area contributed by atoms with E-state index in [0.29, 0.717) is 5.88 Å². The van der Waals surface area contributed by atoms with Crippen molar-refractivity contribution in [2.24, 2.45) is 0 Å². The Kier molecular flexibility index (Phi) is 6.25. The molecular formula is C41H28BNO2Si. The van der Waals surface area contributed by atoms with Crippen molar-refractivity contribution in [2.75, 3.05) is 0 Å². The molecule has 0 radical (unpaired) electrons. The molecule has 0 atom stereocenters. The topological polar surface area (TPSA) is 31.4 Å². The van der Waals surface area contributed by atoms with E-state index in [1.807, 2.05) is 18.2 Å². The molecule has 0 bridgehead atoms. The van der Waals surface area contributed by atoms with Gasteiger partial charge in [-0.05, 0) is 43.8 Å². The number of pyridine rings is 1. The summed E-state index contributed by atoms with van der Waals surface area (Å²) < 4.78 is 13.3. The first kappa shape index (κ1) is 26.7. The molecule has 0 saturated carbocycles. The minimum atomic E-state index is -2.83. The molecule has 7 aromatic rings. The molecular weight excluding hydrogens is 577 g/mol. The molecule has 3 nitrogen and oxygen atoms in total. The molecule has 0 unspecified atom stereocenters. The van der Waals surface area contributed by atoms with E-state index >= 15 is 0 Å². The molecule has 1 aromatic heterocycles. The zero-order chi connectivity index (χ0) is 30.5. The van der Waals surface area contributed by atoms with Crippen molar-refractivity contribution in [3.8, 4) is 34.4 Å². The summed E-state index contributed by atoms with van der Waals surface area (Å²) in [5.74, 6) is 3.10. The van der Waals surface area contributed by atoms with Gasteiger partial charge >= 0.3 is 0 Å². The fraction of sp³-hybridized carbons (Fsp3) is 0. The number of para-hydroxylation sites is 2. The van der Waals surface area contributed by atoms with E-state index in [-0.39, 0.29) is 6.71 Å². The van der Waals surface area contributed by atoms with Gasteiger partial charge in [0.05, 0.1) is 5.69 Å². The average Bonchev–Trinajstić information content (AvgIpc) is 3.13. The van der Waals surface area contributed by atoms with Crippen LogP contribution in [0, 0.1) is 0 Å². The SMILES string of the molecule is c1ccc([Si](c2ccccc2)(c2ccccc2)c2ccccc2-c2cc3c4c(n2)Oc2ccccc2B4c2ccccc2O3)cc1. The number of hydrogen-bond donors (Lipinski definition) is 0. The summed E-state index contributed by atoms with van der Waals surface area (Å²) in [7, 11) is -2.83. The van der Waals surface area contributed by atoms with E-state index in [1.165, 1.54) is 20.7 Å². The van der Waals surface area contributed by atoms with Gasteiger partial charge in [0, 0.05) is 17.1 Å². The van der Waals surface area contributed by atoms with E-state index in [9.17, 15) is 0 Å². The van der Waals surface area contributed by atoms with Gasteiger partial charge in [-0.1, -0.05) is 152 Å². The van der Waals surface area contributed by atoms with Gasteiger partial charge in [-0.2, -0.15) is 0 Å². The zero-order valence-electron chi connectivity index (χ0n) is 25.0. The number of aromatic nitrogens is 1. The largest absolute Gasteiger partial charge is 0.458 e. The van der Waals surface area contributed by atoms with E-state index in [0.717, 1.165) is 44.9 Å². The van der Waals surface area contributed by atoms with Crippen LogP contribution < -0.4 is 46.6 Å². The molecule has 0 N–H and O–H groups in total. The lowest BCUT2D eigenvalue weighted by atomic mass is 9.35. The van der Waals surface area contributed by atoms with Crippen LogP contribution in [0.1, 0.15) is 0 Å². The molecule has 0 amide bonds. The molecule has 6 aromatic carbocycles. The third-order valence-electron chi connectivity index (χ3n) is 9.39. The number of nitrogens with zero attached hydrogens (tertiary/aromatic N) is 1. The van der Waals surface area contributed by atoms with E-state index in [2.05, 4.69) is 152 Å². The van der Waals surface area contributed by atoms with Crippen LogP contribution in [-0.4, -0.2) is 19.8 Å². The highest BCUT2D eigenvalue weighted by Crippen LogP contribution is 2.36. The van der Waals surface area contributed by atoms with Gasteiger partial charge in [-0.25, -0.2) is 4.98 Å². The Bertz CT molecular complexity index is 2060. The molecule has 9 rings (SSSR count). The van der Waals surface area contributed by atoms with E-state index in [4.69, 9.17) is 14.5 Å². The van der Waals surface area contributed by atoms with Gasteiger partial charge in [-0.15, -0.1) is 0 Å². The zero-order valence-corrected chi connectivity index (χ0v) is 26.0. The maximum atomic E-state index is 6.67. The Morgan fingerprint density at radius 1 is 0.457 bits per heavy atom. The smallest absolute Gasteiger partial charge is 0.262 e. The van der Waals surface area contributed by atoms with Crippen molar-refractivity contribution in [3.05, 3.63) is 170 Å². The average molecular weight is 606 g/mol. The Morgan fingerprint density at radius 3 is 1.52 bits per heavy atom. The van der Waals surface area contributed by atoms with Crippen LogP contribution in [0.4, 0.5) is 0 Å². The van der Waals surface area contributed by atoms with E-state index in [1.54, 1.807) is 0 Å². The fourth-order valence-corrected chi connectivity index (χ4v) is 12.4. The van der Waals surface area contributed by atoms with Gasteiger partial charge in [0.15, 0.2) is 8.07 Å². The predicted molar refractivity (Wildman–Crippen MR) is 191 cm³/mol. The fourth-order valence-electron chi connectivity index (χ4n) is 7.46. The predicted octanol–water partition coefficient (Wildman–Crippen LogP) is 4.85. The van der Waals surface area contributed by atoms with Crippen LogP contribution in [0.3, 0.4) is 0 Å². The molecule has 0 fully saturated rings. The highest BCUT2D eigenvalue weighted by molar-refractivity contribution is 7.20. The second-order valence-corrected chi connectivity index (χ2v) is 15.6. The first-order chi connectivity index (χ1) is 22.8. The van der Waals surface area contributed by atoms with Crippen LogP contribution in [0.5, 0.6) is 23.1 Å². The van der Waals surface area contributed by atoms with Crippen molar-refractivity contribution in [1.29, 1.82) is 0 Å². The lowest BCUT2D eigenvalue weighted by Gasteiger charge is -2.36. The lowest BCUT2D eigenvalue weighted by molar-refractivity contribution is 0.451. The molecule has 3 heterocycles. The van der Waals surface area contributed by atoms with Gasteiger partial charge in [0.2, 0.25) is 5.88 Å². The normalized spacial score (nSPS) is 12.7. The van der Waals surface area contributed by atoms with Crippen molar-refractivity contribution >= 4 is 51.9 Å². The molecule has 46 heavy (non-hydrogen) atoms. The second kappa shape index (κ2) is 10.8. The lowest BCUT2D eigenvalue weighted by Crippen LogP contribution is -2.75. The molecule has 0 spiro atoms. The molecule has 2 aliphatic rings. The molecule has 0 aliphatic carbocycles. The number of hydrogen-bond acceptors (Lipinski definition) is 3. The van der Waals surface area contributed by atoms with Gasteiger partial charge in [-0.3, -0.25) is 0 Å². The third-order valence-corrected chi connectivity index (χ3v) is 14.2. The van der Waals surface area contributed by atoms with Crippen LogP contribution in [0.25, 0.3) is 11.3 Å². The highest BCUT2D eigenvalue weighted by Gasteiger charge is 2.44. The van der Waals surface area contributed by atoms with E-state index < -0.39 is 8.07 Å². The number of rotatable bonds is 5.